The zero-order valence-electron chi connectivity index (χ0n) is 63.7. The number of carbonyl (C=O) groups excluding carboxylic acids is 4. The second-order valence-electron chi connectivity index (χ2n) is 29.2. The Morgan fingerprint density at radius 1 is 0.316 bits per heavy atom. The minimum absolute atomic E-state index is 0.0840. The first-order chi connectivity index (χ1) is 47.2. The van der Waals surface area contributed by atoms with Gasteiger partial charge in [-0.3, -0.25) is 37.3 Å². The summed E-state index contributed by atoms with van der Waals surface area (Å²) < 4.78 is 68.5. The van der Waals surface area contributed by atoms with E-state index in [-0.39, 0.29) is 25.7 Å². The van der Waals surface area contributed by atoms with Gasteiger partial charge < -0.3 is 33.8 Å². The first-order valence-electron chi connectivity index (χ1n) is 40.2. The van der Waals surface area contributed by atoms with Crippen molar-refractivity contribution in [2.75, 3.05) is 39.6 Å². The molecule has 0 aliphatic rings. The van der Waals surface area contributed by atoms with Crippen LogP contribution in [0.15, 0.2) is 24.3 Å². The van der Waals surface area contributed by atoms with Gasteiger partial charge in [0.2, 0.25) is 0 Å². The van der Waals surface area contributed by atoms with Crippen LogP contribution in [0.2, 0.25) is 0 Å². The minimum Gasteiger partial charge on any atom is -0.462 e. The second-order valence-corrected chi connectivity index (χ2v) is 32.1. The van der Waals surface area contributed by atoms with E-state index >= 15 is 0 Å². The predicted octanol–water partition coefficient (Wildman–Crippen LogP) is 22.9. The van der Waals surface area contributed by atoms with Crippen molar-refractivity contribution in [3.05, 3.63) is 24.3 Å². The van der Waals surface area contributed by atoms with E-state index in [1.807, 2.05) is 0 Å². The minimum atomic E-state index is -4.96. The quantitative estimate of drug-likeness (QED) is 0.0169. The van der Waals surface area contributed by atoms with Crippen molar-refractivity contribution < 1.29 is 80.2 Å². The molecule has 3 N–H and O–H groups in total. The van der Waals surface area contributed by atoms with Gasteiger partial charge in [0.1, 0.15) is 19.3 Å². The highest BCUT2D eigenvalue weighted by molar-refractivity contribution is 7.47. The van der Waals surface area contributed by atoms with Crippen molar-refractivity contribution >= 4 is 39.5 Å². The first kappa shape index (κ1) is 95.5. The third-order valence-electron chi connectivity index (χ3n) is 17.8. The number of rotatable bonds is 75. The summed E-state index contributed by atoms with van der Waals surface area (Å²) in [6.45, 7) is 11.8. The second kappa shape index (κ2) is 68.9. The predicted molar refractivity (Wildman–Crippen MR) is 400 cm³/mol. The molecule has 0 aromatic carbocycles. The zero-order valence-corrected chi connectivity index (χ0v) is 65.5. The van der Waals surface area contributed by atoms with Crippen LogP contribution < -0.4 is 0 Å². The van der Waals surface area contributed by atoms with Crippen LogP contribution >= 0.6 is 15.6 Å². The number of hydrogen-bond acceptors (Lipinski definition) is 15. The maximum atomic E-state index is 13.1. The maximum absolute atomic E-state index is 13.1. The molecule has 0 rings (SSSR count). The van der Waals surface area contributed by atoms with Gasteiger partial charge in [0.25, 0.3) is 0 Å². The molecule has 0 heterocycles. The molecule has 0 aliphatic carbocycles. The fraction of sp³-hybridized carbons (Fsp3) is 0.899. The normalized spacial score (nSPS) is 14.2. The van der Waals surface area contributed by atoms with E-state index < -0.39 is 97.5 Å². The summed E-state index contributed by atoms with van der Waals surface area (Å²) in [5, 5.41) is 10.6. The lowest BCUT2D eigenvalue weighted by atomic mass is 10.0. The summed E-state index contributed by atoms with van der Waals surface area (Å²) in [5.74, 6) is 0.111. The fourth-order valence-electron chi connectivity index (χ4n) is 11.6. The molecule has 0 aromatic rings. The monoisotopic (exact) mass is 1430 g/mol. The molecule has 5 atom stereocenters. The van der Waals surface area contributed by atoms with Gasteiger partial charge in [0, 0.05) is 25.7 Å². The number of ether oxygens (including phenoxy) is 4. The molecule has 0 aromatic heterocycles. The summed E-state index contributed by atoms with van der Waals surface area (Å²) in [6.07, 6.45) is 59.3. The number of aliphatic hydroxyl groups excluding tert-OH is 1. The smallest absolute Gasteiger partial charge is 0.462 e. The average molecular weight is 1430 g/mol. The van der Waals surface area contributed by atoms with Crippen LogP contribution in [0.1, 0.15) is 382 Å². The Bertz CT molecular complexity index is 2000. The van der Waals surface area contributed by atoms with E-state index in [1.165, 1.54) is 173 Å². The summed E-state index contributed by atoms with van der Waals surface area (Å²) in [4.78, 5) is 72.8. The third-order valence-corrected chi connectivity index (χ3v) is 19.7. The standard InChI is InChI=1S/C79H150O17P2/c1-8-9-10-11-12-13-14-15-20-25-28-33-40-48-55-62-78(83)95-75(67-90-77(82)61-54-47-42-35-38-45-52-59-72(6)7)69-94-98(87,88)92-65-73(80)64-91-97(85,86)93-68-74(96-79(84)63-56-49-41-34-29-31-37-44-51-58-71(4)5)66-89-76(81)60-53-46-39-32-27-24-22-19-17-16-18-21-23-26-30-36-43-50-57-70(2)3/h13-15,20,70-75,80H,8-12,16-19,21-69H2,1-7H3,(H,85,86)(H,87,88)/b14-13-,20-15-/t73?,74-,75-/m1/s1. The largest absolute Gasteiger partial charge is 0.472 e. The van der Waals surface area contributed by atoms with Crippen LogP contribution in [0, 0.1) is 17.8 Å². The van der Waals surface area contributed by atoms with Crippen LogP contribution in [0.25, 0.3) is 0 Å². The molecule has 0 saturated carbocycles. The Morgan fingerprint density at radius 3 is 0.827 bits per heavy atom. The SMILES string of the molecule is CCCCCC/C=C\C=C/CCCCCCCC(=O)O[C@H](COC(=O)CCCCCCCCCC(C)C)COP(=O)(O)OCC(O)COP(=O)(O)OC[C@@H](COC(=O)CCCCCCCCCCCCCCCCCCCCC(C)C)OC(=O)CCCCCCCCCCCC(C)C. The van der Waals surface area contributed by atoms with Crippen LogP contribution in [-0.4, -0.2) is 96.7 Å². The summed E-state index contributed by atoms with van der Waals surface area (Å²) in [5.41, 5.74) is 0. The van der Waals surface area contributed by atoms with E-state index in [0.717, 1.165) is 121 Å². The molecular weight excluding hydrogens is 1280 g/mol. The van der Waals surface area contributed by atoms with E-state index in [1.54, 1.807) is 0 Å². The van der Waals surface area contributed by atoms with Crippen LogP contribution in [0.4, 0.5) is 0 Å². The van der Waals surface area contributed by atoms with Crippen LogP contribution in [-0.2, 0) is 65.4 Å². The zero-order chi connectivity index (χ0) is 72.3. The van der Waals surface area contributed by atoms with Gasteiger partial charge in [0.15, 0.2) is 12.2 Å². The van der Waals surface area contributed by atoms with Gasteiger partial charge in [-0.05, 0) is 69.1 Å². The molecule has 17 nitrogen and oxygen atoms in total. The number of esters is 4. The third kappa shape index (κ3) is 71.9. The summed E-state index contributed by atoms with van der Waals surface area (Å²) in [6, 6.07) is 0. The lowest BCUT2D eigenvalue weighted by Gasteiger charge is -2.21. The number of carbonyl (C=O) groups is 4. The Hall–Kier alpha value is -2.46. The van der Waals surface area contributed by atoms with Crippen LogP contribution in [0.5, 0.6) is 0 Å². The number of phosphoric acid groups is 2. The molecule has 0 saturated heterocycles. The molecular formula is C79H150O17P2. The molecule has 0 spiro atoms. The molecule has 0 aliphatic heterocycles. The van der Waals surface area contributed by atoms with Crippen molar-refractivity contribution in [3.63, 3.8) is 0 Å². The summed E-state index contributed by atoms with van der Waals surface area (Å²) >= 11 is 0. The molecule has 0 amide bonds. The number of allylic oxidation sites excluding steroid dienone is 4. The maximum Gasteiger partial charge on any atom is 0.472 e. The van der Waals surface area contributed by atoms with Gasteiger partial charge in [-0.1, -0.05) is 330 Å². The van der Waals surface area contributed by atoms with Crippen molar-refractivity contribution in [3.8, 4) is 0 Å². The van der Waals surface area contributed by atoms with E-state index in [0.29, 0.717) is 31.6 Å². The molecule has 0 bridgehead atoms. The Kier molecular flexibility index (Phi) is 67.2. The molecule has 0 radical (unpaired) electrons. The van der Waals surface area contributed by atoms with Gasteiger partial charge in [-0.2, -0.15) is 0 Å². The lowest BCUT2D eigenvalue weighted by Crippen LogP contribution is -2.30. The molecule has 98 heavy (non-hydrogen) atoms. The number of unbranched alkanes of at least 4 members (excludes halogenated alkanes) is 40. The Morgan fingerprint density at radius 2 is 0.551 bits per heavy atom. The molecule has 19 heteroatoms. The number of hydrogen-bond donors (Lipinski definition) is 3. The van der Waals surface area contributed by atoms with E-state index in [9.17, 15) is 43.2 Å². The van der Waals surface area contributed by atoms with Gasteiger partial charge in [0.05, 0.1) is 26.4 Å². The van der Waals surface area contributed by atoms with Gasteiger partial charge >= 0.3 is 39.5 Å². The van der Waals surface area contributed by atoms with Crippen molar-refractivity contribution in [2.24, 2.45) is 17.8 Å². The average Bonchev–Trinajstić information content (AvgIpc) is 0.982. The first-order valence-corrected chi connectivity index (χ1v) is 43.2. The highest BCUT2D eigenvalue weighted by atomic mass is 31.2. The number of aliphatic hydroxyl groups is 1. The Balaban J connectivity index is 5.21. The molecule has 3 unspecified atom stereocenters. The van der Waals surface area contributed by atoms with Gasteiger partial charge in [-0.15, -0.1) is 0 Å². The highest BCUT2D eigenvalue weighted by Crippen LogP contribution is 2.45. The van der Waals surface area contributed by atoms with Crippen molar-refractivity contribution in [1.82, 2.24) is 0 Å². The number of phosphoric ester groups is 2. The van der Waals surface area contributed by atoms with Crippen molar-refractivity contribution in [2.45, 2.75) is 401 Å². The topological polar surface area (TPSA) is 237 Å². The van der Waals surface area contributed by atoms with Crippen molar-refractivity contribution in [1.29, 1.82) is 0 Å². The van der Waals surface area contributed by atoms with Gasteiger partial charge in [-0.25, -0.2) is 9.13 Å². The summed E-state index contributed by atoms with van der Waals surface area (Å²) in [7, 11) is -9.93. The Labute approximate surface area is 599 Å². The highest BCUT2D eigenvalue weighted by Gasteiger charge is 2.30. The molecule has 578 valence electrons. The van der Waals surface area contributed by atoms with E-state index in [4.69, 9.17) is 37.0 Å². The van der Waals surface area contributed by atoms with E-state index in [2.05, 4.69) is 72.8 Å². The van der Waals surface area contributed by atoms with Crippen LogP contribution in [0.3, 0.4) is 0 Å². The lowest BCUT2D eigenvalue weighted by molar-refractivity contribution is -0.161. The fourth-order valence-corrected chi connectivity index (χ4v) is 13.2. The molecule has 0 fully saturated rings.